The molecule has 0 radical (unpaired) electrons. The van der Waals surface area contributed by atoms with Crippen molar-refractivity contribution >= 4 is 23.2 Å². The molecule has 0 aliphatic rings. The van der Waals surface area contributed by atoms with Crippen LogP contribution in [0.25, 0.3) is 0 Å². The fourth-order valence-corrected chi connectivity index (χ4v) is 8.80. The maximum absolute atomic E-state index is 8.82. The average Bonchev–Trinajstić information content (AvgIpc) is 2.73. The Hall–Kier alpha value is -2.42. The van der Waals surface area contributed by atoms with E-state index in [4.69, 9.17) is 5.26 Å². The summed E-state index contributed by atoms with van der Waals surface area (Å²) in [4.78, 5) is 0. The minimum absolute atomic E-state index is 0.663. The van der Waals surface area contributed by atoms with Gasteiger partial charge in [0, 0.05) is 0 Å². The number of nitriles is 1. The molecule has 2 heteroatoms. The van der Waals surface area contributed by atoms with E-state index in [1.54, 1.807) is 0 Å². The summed E-state index contributed by atoms with van der Waals surface area (Å²) in [5, 5.41) is 13.2. The van der Waals surface area contributed by atoms with Gasteiger partial charge in [0.05, 0.1) is 0 Å². The summed E-state index contributed by atoms with van der Waals surface area (Å²) >= 11 is 0. The van der Waals surface area contributed by atoms with E-state index in [2.05, 4.69) is 97.1 Å². The Morgan fingerprint density at radius 1 is 0.577 bits per heavy atom. The third-order valence-corrected chi connectivity index (χ3v) is 10.2. The number of unbranched alkanes of at least 4 members (excludes halogenated alkanes) is 3. The van der Waals surface area contributed by atoms with Crippen LogP contribution in [0.1, 0.15) is 25.7 Å². The fraction of sp³-hybridized carbons (Fsp3) is 0.208. The first-order chi connectivity index (χ1) is 12.9. The number of hydrogen-bond donors (Lipinski definition) is 0. The van der Waals surface area contributed by atoms with E-state index in [0.29, 0.717) is 6.42 Å². The van der Waals surface area contributed by atoms with Gasteiger partial charge in [0.25, 0.3) is 0 Å². The van der Waals surface area contributed by atoms with Crippen LogP contribution < -0.4 is 15.9 Å². The number of hydrogen-bond acceptors (Lipinski definition) is 1. The third-order valence-electron chi connectivity index (χ3n) is 5.14. The molecule has 0 aliphatic heterocycles. The van der Waals surface area contributed by atoms with Gasteiger partial charge in [-0.25, -0.2) is 0 Å². The molecule has 0 unspecified atom stereocenters. The SMILES string of the molecule is N#CCCCCC[PH](c1ccccc1)(c1ccccc1)c1ccccc1. The summed E-state index contributed by atoms with van der Waals surface area (Å²) in [5.74, 6) is 0. The Labute approximate surface area is 157 Å². The van der Waals surface area contributed by atoms with Gasteiger partial charge in [-0.1, -0.05) is 0 Å². The topological polar surface area (TPSA) is 23.8 Å². The molecule has 0 fully saturated rings. The zero-order valence-corrected chi connectivity index (χ0v) is 16.1. The van der Waals surface area contributed by atoms with Gasteiger partial charge >= 0.3 is 157 Å². The monoisotopic (exact) mass is 359 g/mol. The van der Waals surface area contributed by atoms with Crippen molar-refractivity contribution in [1.82, 2.24) is 0 Å². The molecule has 3 aromatic rings. The Bertz CT molecular complexity index is 726. The summed E-state index contributed by atoms with van der Waals surface area (Å²) < 4.78 is 0. The predicted octanol–water partition coefficient (Wildman–Crippen LogP) is 4.80. The van der Waals surface area contributed by atoms with E-state index in [-0.39, 0.29) is 0 Å². The van der Waals surface area contributed by atoms with Crippen LogP contribution in [0.3, 0.4) is 0 Å². The maximum atomic E-state index is 8.82. The van der Waals surface area contributed by atoms with E-state index in [9.17, 15) is 0 Å². The van der Waals surface area contributed by atoms with Crippen LogP contribution in [0, 0.1) is 11.3 Å². The van der Waals surface area contributed by atoms with Gasteiger partial charge in [0.2, 0.25) is 0 Å². The molecular formula is C24H26NP. The normalized spacial score (nSPS) is 11.7. The van der Waals surface area contributed by atoms with Crippen LogP contribution in [-0.4, -0.2) is 6.16 Å². The summed E-state index contributed by atoms with van der Waals surface area (Å²) in [7, 11) is -2.07. The van der Waals surface area contributed by atoms with E-state index in [1.165, 1.54) is 22.1 Å². The van der Waals surface area contributed by atoms with E-state index < -0.39 is 7.26 Å². The third kappa shape index (κ3) is 4.04. The summed E-state index contributed by atoms with van der Waals surface area (Å²) in [5.41, 5.74) is 0. The molecule has 0 spiro atoms. The van der Waals surface area contributed by atoms with Gasteiger partial charge in [0.1, 0.15) is 0 Å². The van der Waals surface area contributed by atoms with Crippen molar-refractivity contribution in [2.75, 3.05) is 6.16 Å². The Kier molecular flexibility index (Phi) is 6.59. The van der Waals surface area contributed by atoms with Crippen LogP contribution in [0.4, 0.5) is 0 Å². The first-order valence-electron chi connectivity index (χ1n) is 9.41. The van der Waals surface area contributed by atoms with Crippen molar-refractivity contribution in [3.63, 3.8) is 0 Å². The molecule has 132 valence electrons. The Morgan fingerprint density at radius 2 is 1.00 bits per heavy atom. The van der Waals surface area contributed by atoms with Crippen molar-refractivity contribution in [1.29, 1.82) is 5.26 Å². The Morgan fingerprint density at radius 3 is 1.38 bits per heavy atom. The summed E-state index contributed by atoms with van der Waals surface area (Å²) in [6.07, 6.45) is 5.12. The molecule has 3 rings (SSSR count). The van der Waals surface area contributed by atoms with Crippen molar-refractivity contribution in [2.24, 2.45) is 0 Å². The van der Waals surface area contributed by atoms with Crippen molar-refractivity contribution in [3.8, 4) is 6.07 Å². The number of nitrogens with zero attached hydrogens (tertiary/aromatic N) is 1. The molecule has 0 aliphatic carbocycles. The molecule has 0 atom stereocenters. The summed E-state index contributed by atoms with van der Waals surface area (Å²) in [6.45, 7) is 0. The molecule has 26 heavy (non-hydrogen) atoms. The van der Waals surface area contributed by atoms with Crippen molar-refractivity contribution in [2.45, 2.75) is 25.7 Å². The minimum atomic E-state index is -2.07. The van der Waals surface area contributed by atoms with Crippen LogP contribution in [0.15, 0.2) is 91.0 Å². The van der Waals surface area contributed by atoms with Gasteiger partial charge in [-0.15, -0.1) is 0 Å². The van der Waals surface area contributed by atoms with Crippen LogP contribution >= 0.6 is 7.26 Å². The zero-order valence-electron chi connectivity index (χ0n) is 15.1. The molecular weight excluding hydrogens is 333 g/mol. The molecule has 0 N–H and O–H groups in total. The number of benzene rings is 3. The van der Waals surface area contributed by atoms with Crippen LogP contribution in [-0.2, 0) is 0 Å². The molecule has 0 saturated carbocycles. The van der Waals surface area contributed by atoms with Crippen molar-refractivity contribution in [3.05, 3.63) is 91.0 Å². The van der Waals surface area contributed by atoms with Crippen LogP contribution in [0.5, 0.6) is 0 Å². The predicted molar refractivity (Wildman–Crippen MR) is 115 cm³/mol. The second-order valence-electron chi connectivity index (χ2n) is 6.72. The quantitative estimate of drug-likeness (QED) is 0.419. The molecule has 0 heterocycles. The first kappa shape index (κ1) is 18.4. The Balaban J connectivity index is 2.07. The van der Waals surface area contributed by atoms with E-state index in [1.807, 2.05) is 0 Å². The van der Waals surface area contributed by atoms with E-state index in [0.717, 1.165) is 19.3 Å². The average molecular weight is 359 g/mol. The van der Waals surface area contributed by atoms with Crippen LogP contribution in [0.2, 0.25) is 0 Å². The molecule has 0 bridgehead atoms. The van der Waals surface area contributed by atoms with Gasteiger partial charge in [-0.3, -0.25) is 0 Å². The van der Waals surface area contributed by atoms with E-state index >= 15 is 0 Å². The molecule has 0 amide bonds. The zero-order chi connectivity index (χ0) is 18.1. The molecule has 3 aromatic carbocycles. The first-order valence-corrected chi connectivity index (χ1v) is 11.6. The standard InChI is InChI=1S/C24H26NP/c25-20-12-1-2-13-21-26(22-14-6-3-7-15-22,23-16-8-4-9-17-23)24-18-10-5-11-19-24/h3-11,14-19,26H,1-2,12-13,21H2. The second-order valence-corrected chi connectivity index (χ2v) is 10.8. The second kappa shape index (κ2) is 9.33. The molecule has 0 aromatic heterocycles. The molecule has 1 nitrogen and oxygen atoms in total. The van der Waals surface area contributed by atoms with Gasteiger partial charge in [-0.2, -0.15) is 0 Å². The van der Waals surface area contributed by atoms with Gasteiger partial charge in [-0.05, 0) is 0 Å². The number of rotatable bonds is 8. The summed E-state index contributed by atoms with van der Waals surface area (Å²) in [6, 6.07) is 35.4. The van der Waals surface area contributed by atoms with Gasteiger partial charge in [0.15, 0.2) is 0 Å². The van der Waals surface area contributed by atoms with Crippen molar-refractivity contribution < 1.29 is 0 Å². The van der Waals surface area contributed by atoms with Gasteiger partial charge < -0.3 is 0 Å². The molecule has 0 saturated heterocycles. The fourth-order valence-electron chi connectivity index (χ4n) is 3.87.